The maximum Gasteiger partial charge on any atom is 0.0835 e. The number of hydrogen-bond acceptors (Lipinski definition) is 4. The molecule has 0 radical (unpaired) electrons. The summed E-state index contributed by atoms with van der Waals surface area (Å²) in [6.07, 6.45) is 9.31. The van der Waals surface area contributed by atoms with Gasteiger partial charge >= 0.3 is 0 Å². The first-order chi connectivity index (χ1) is 10.2. The lowest BCUT2D eigenvalue weighted by atomic mass is 9.97. The molecule has 3 unspecified atom stereocenters. The zero-order chi connectivity index (χ0) is 14.7. The summed E-state index contributed by atoms with van der Waals surface area (Å²) < 4.78 is 1.76. The molecule has 3 atom stereocenters. The number of piperidine rings is 1. The fraction of sp³-hybridized carbons (Fsp3) is 0.812. The maximum atomic E-state index is 10.4. The summed E-state index contributed by atoms with van der Waals surface area (Å²) >= 11 is 0. The smallest absolute Gasteiger partial charge is 0.0835 e. The van der Waals surface area contributed by atoms with Crippen molar-refractivity contribution in [1.82, 2.24) is 20.0 Å². The standard InChI is InChI=1S/C16H28N4O/c1-19-12-14(10-18-19)16(21)8-15-5-3-7-20(15)11-13-4-2-6-17-9-13/h10,12-13,15-17,21H,2-9,11H2,1H3. The van der Waals surface area contributed by atoms with Gasteiger partial charge in [-0.1, -0.05) is 0 Å². The van der Waals surface area contributed by atoms with Crippen molar-refractivity contribution < 1.29 is 5.11 Å². The molecule has 0 spiro atoms. The van der Waals surface area contributed by atoms with E-state index >= 15 is 0 Å². The van der Waals surface area contributed by atoms with Gasteiger partial charge in [-0.05, 0) is 57.7 Å². The fourth-order valence-corrected chi connectivity index (χ4v) is 3.82. The number of nitrogens with zero attached hydrogens (tertiary/aromatic N) is 3. The van der Waals surface area contributed by atoms with Crippen LogP contribution in [0.4, 0.5) is 0 Å². The molecule has 2 aliphatic heterocycles. The van der Waals surface area contributed by atoms with Crippen molar-refractivity contribution in [1.29, 1.82) is 0 Å². The fourth-order valence-electron chi connectivity index (χ4n) is 3.82. The predicted octanol–water partition coefficient (Wildman–Crippen LogP) is 1.31. The Kier molecular flexibility index (Phi) is 4.93. The maximum absolute atomic E-state index is 10.4. The van der Waals surface area contributed by atoms with Crippen molar-refractivity contribution in [3.05, 3.63) is 18.0 Å². The summed E-state index contributed by atoms with van der Waals surface area (Å²) in [6.45, 7) is 4.73. The van der Waals surface area contributed by atoms with Crippen LogP contribution in [0.1, 0.15) is 43.8 Å². The summed E-state index contributed by atoms with van der Waals surface area (Å²) in [7, 11) is 1.90. The molecule has 21 heavy (non-hydrogen) atoms. The Morgan fingerprint density at radius 2 is 2.33 bits per heavy atom. The molecule has 5 heteroatoms. The van der Waals surface area contributed by atoms with E-state index in [1.807, 2.05) is 13.2 Å². The Hall–Kier alpha value is -0.910. The van der Waals surface area contributed by atoms with E-state index in [-0.39, 0.29) is 6.10 Å². The molecule has 1 aromatic heterocycles. The molecule has 3 heterocycles. The summed E-state index contributed by atoms with van der Waals surface area (Å²) in [5, 5.41) is 18.1. The van der Waals surface area contributed by atoms with Crippen molar-refractivity contribution in [3.8, 4) is 0 Å². The second-order valence-electron chi connectivity index (χ2n) is 6.70. The lowest BCUT2D eigenvalue weighted by molar-refractivity contribution is 0.110. The Bertz CT molecular complexity index is 441. The Morgan fingerprint density at radius 3 is 3.05 bits per heavy atom. The van der Waals surface area contributed by atoms with Crippen molar-refractivity contribution >= 4 is 0 Å². The van der Waals surface area contributed by atoms with E-state index in [1.165, 1.54) is 45.3 Å². The molecule has 3 rings (SSSR count). The predicted molar refractivity (Wildman–Crippen MR) is 83.0 cm³/mol. The van der Waals surface area contributed by atoms with Crippen LogP contribution in [0.3, 0.4) is 0 Å². The van der Waals surface area contributed by atoms with Crippen LogP contribution in [0.2, 0.25) is 0 Å². The van der Waals surface area contributed by atoms with Gasteiger partial charge in [0.05, 0.1) is 12.3 Å². The van der Waals surface area contributed by atoms with Gasteiger partial charge in [0.25, 0.3) is 0 Å². The van der Waals surface area contributed by atoms with Crippen molar-refractivity contribution in [2.75, 3.05) is 26.2 Å². The van der Waals surface area contributed by atoms with Gasteiger partial charge in [-0.3, -0.25) is 9.58 Å². The molecule has 2 N–H and O–H groups in total. The number of aliphatic hydroxyl groups excluding tert-OH is 1. The summed E-state index contributed by atoms with van der Waals surface area (Å²) in [6, 6.07) is 0.530. The van der Waals surface area contributed by atoms with E-state index in [2.05, 4.69) is 15.3 Å². The van der Waals surface area contributed by atoms with E-state index in [9.17, 15) is 5.11 Å². The molecular formula is C16H28N4O. The molecule has 2 aliphatic rings. The van der Waals surface area contributed by atoms with E-state index in [1.54, 1.807) is 10.9 Å². The number of hydrogen-bond donors (Lipinski definition) is 2. The van der Waals surface area contributed by atoms with Crippen LogP contribution < -0.4 is 5.32 Å². The highest BCUT2D eigenvalue weighted by Gasteiger charge is 2.29. The molecule has 2 fully saturated rings. The number of aryl methyl sites for hydroxylation is 1. The zero-order valence-electron chi connectivity index (χ0n) is 13.0. The third-order valence-electron chi connectivity index (χ3n) is 5.00. The average Bonchev–Trinajstić information content (AvgIpc) is 3.10. The van der Waals surface area contributed by atoms with E-state index in [4.69, 9.17) is 0 Å². The third-order valence-corrected chi connectivity index (χ3v) is 5.00. The number of aromatic nitrogens is 2. The summed E-state index contributed by atoms with van der Waals surface area (Å²) in [4.78, 5) is 2.61. The first-order valence-corrected chi connectivity index (χ1v) is 8.34. The average molecular weight is 292 g/mol. The van der Waals surface area contributed by atoms with Crippen molar-refractivity contribution in [3.63, 3.8) is 0 Å². The minimum absolute atomic E-state index is 0.381. The molecule has 5 nitrogen and oxygen atoms in total. The van der Waals surface area contributed by atoms with Crippen LogP contribution in [-0.4, -0.2) is 52.0 Å². The molecule has 0 saturated carbocycles. The lowest BCUT2D eigenvalue weighted by Crippen LogP contribution is -2.40. The van der Waals surface area contributed by atoms with Gasteiger partial charge in [-0.25, -0.2) is 0 Å². The highest BCUT2D eigenvalue weighted by molar-refractivity contribution is 5.08. The molecule has 0 aromatic carbocycles. The van der Waals surface area contributed by atoms with Gasteiger partial charge in [0, 0.05) is 31.4 Å². The lowest BCUT2D eigenvalue weighted by Gasteiger charge is -2.32. The van der Waals surface area contributed by atoms with Crippen LogP contribution in [0.15, 0.2) is 12.4 Å². The number of likely N-dealkylation sites (tertiary alicyclic amines) is 1. The van der Waals surface area contributed by atoms with Gasteiger partial charge in [0.2, 0.25) is 0 Å². The Balaban J connectivity index is 1.53. The quantitative estimate of drug-likeness (QED) is 0.859. The van der Waals surface area contributed by atoms with Gasteiger partial charge in [0.15, 0.2) is 0 Å². The monoisotopic (exact) mass is 292 g/mol. The molecule has 0 amide bonds. The minimum Gasteiger partial charge on any atom is -0.388 e. The van der Waals surface area contributed by atoms with Gasteiger partial charge in [-0.15, -0.1) is 0 Å². The first-order valence-electron chi connectivity index (χ1n) is 8.34. The van der Waals surface area contributed by atoms with Crippen LogP contribution in [0.5, 0.6) is 0 Å². The molecule has 0 bridgehead atoms. The molecule has 2 saturated heterocycles. The van der Waals surface area contributed by atoms with E-state index in [0.29, 0.717) is 6.04 Å². The van der Waals surface area contributed by atoms with E-state index in [0.717, 1.165) is 24.4 Å². The first kappa shape index (κ1) is 15.0. The largest absolute Gasteiger partial charge is 0.388 e. The SMILES string of the molecule is Cn1cc(C(O)CC2CCCN2CC2CCCNC2)cn1. The van der Waals surface area contributed by atoms with E-state index < -0.39 is 0 Å². The second kappa shape index (κ2) is 6.90. The zero-order valence-corrected chi connectivity index (χ0v) is 13.0. The van der Waals surface area contributed by atoms with Crippen LogP contribution >= 0.6 is 0 Å². The van der Waals surface area contributed by atoms with Crippen LogP contribution in [-0.2, 0) is 7.05 Å². The topological polar surface area (TPSA) is 53.3 Å². The normalized spacial score (nSPS) is 28.9. The van der Waals surface area contributed by atoms with Crippen LogP contribution in [0, 0.1) is 5.92 Å². The Morgan fingerprint density at radius 1 is 1.43 bits per heavy atom. The molecule has 1 aromatic rings. The molecule has 0 aliphatic carbocycles. The highest BCUT2D eigenvalue weighted by atomic mass is 16.3. The molecule has 118 valence electrons. The van der Waals surface area contributed by atoms with Crippen molar-refractivity contribution in [2.24, 2.45) is 13.0 Å². The van der Waals surface area contributed by atoms with Gasteiger partial charge in [0.1, 0.15) is 0 Å². The minimum atomic E-state index is -0.381. The number of nitrogens with one attached hydrogen (secondary N) is 1. The second-order valence-corrected chi connectivity index (χ2v) is 6.70. The third kappa shape index (κ3) is 3.84. The Labute approximate surface area is 127 Å². The summed E-state index contributed by atoms with van der Waals surface area (Å²) in [5.74, 6) is 0.787. The molecular weight excluding hydrogens is 264 g/mol. The van der Waals surface area contributed by atoms with Crippen molar-refractivity contribution in [2.45, 2.75) is 44.2 Å². The number of rotatable bonds is 5. The number of aliphatic hydroxyl groups is 1. The van der Waals surface area contributed by atoms with Gasteiger partial charge < -0.3 is 10.4 Å². The van der Waals surface area contributed by atoms with Crippen LogP contribution in [0.25, 0.3) is 0 Å². The highest BCUT2D eigenvalue weighted by Crippen LogP contribution is 2.28. The van der Waals surface area contributed by atoms with Gasteiger partial charge in [-0.2, -0.15) is 5.10 Å². The summed E-state index contributed by atoms with van der Waals surface area (Å²) in [5.41, 5.74) is 0.948.